The van der Waals surface area contributed by atoms with Crippen molar-refractivity contribution in [2.24, 2.45) is 7.05 Å². The molecule has 1 aromatic heterocycles. The zero-order valence-corrected chi connectivity index (χ0v) is 11.1. The maximum atomic E-state index is 12.2. The molecular formula is C12H20N4O2. The van der Waals surface area contributed by atoms with Crippen molar-refractivity contribution >= 4 is 5.91 Å². The van der Waals surface area contributed by atoms with E-state index in [1.54, 1.807) is 6.20 Å². The van der Waals surface area contributed by atoms with Crippen LogP contribution in [0.5, 0.6) is 0 Å². The molecule has 6 heteroatoms. The molecule has 1 saturated heterocycles. The van der Waals surface area contributed by atoms with Gasteiger partial charge in [-0.15, -0.1) is 0 Å². The predicted molar refractivity (Wildman–Crippen MR) is 66.9 cm³/mol. The fourth-order valence-electron chi connectivity index (χ4n) is 2.12. The fourth-order valence-corrected chi connectivity index (χ4v) is 2.12. The minimum Gasteiger partial charge on any atom is -0.363 e. The van der Waals surface area contributed by atoms with Gasteiger partial charge in [0.05, 0.1) is 13.2 Å². The highest BCUT2D eigenvalue weighted by molar-refractivity contribution is 5.85. The first kappa shape index (κ1) is 13.0. The summed E-state index contributed by atoms with van der Waals surface area (Å²) in [5.41, 5.74) is -0.766. The van der Waals surface area contributed by atoms with Crippen molar-refractivity contribution < 1.29 is 9.53 Å². The Morgan fingerprint density at radius 3 is 3.00 bits per heavy atom. The van der Waals surface area contributed by atoms with Gasteiger partial charge < -0.3 is 19.5 Å². The molecule has 0 bridgehead atoms. The molecule has 1 aliphatic rings. The maximum absolute atomic E-state index is 12.2. The summed E-state index contributed by atoms with van der Waals surface area (Å²) in [5.74, 6) is 0.744. The number of nitrogens with one attached hydrogen (secondary N) is 1. The van der Waals surface area contributed by atoms with Crippen LogP contribution in [-0.2, 0) is 23.1 Å². The Kier molecular flexibility index (Phi) is 3.68. The molecule has 2 rings (SSSR count). The first-order valence-electron chi connectivity index (χ1n) is 6.08. The number of aryl methyl sites for hydroxylation is 1. The van der Waals surface area contributed by atoms with E-state index >= 15 is 0 Å². The summed E-state index contributed by atoms with van der Waals surface area (Å²) in [7, 11) is 3.90. The quantitative estimate of drug-likeness (QED) is 0.806. The molecule has 1 N–H and O–H groups in total. The van der Waals surface area contributed by atoms with E-state index < -0.39 is 5.60 Å². The lowest BCUT2D eigenvalue weighted by Gasteiger charge is -2.37. The zero-order chi connectivity index (χ0) is 13.2. The van der Waals surface area contributed by atoms with Gasteiger partial charge in [-0.25, -0.2) is 4.98 Å². The molecule has 2 heterocycles. The summed E-state index contributed by atoms with van der Waals surface area (Å²) in [6, 6.07) is 0. The summed E-state index contributed by atoms with van der Waals surface area (Å²) in [4.78, 5) is 18.4. The van der Waals surface area contributed by atoms with Crippen LogP contribution in [0.2, 0.25) is 0 Å². The Bertz CT molecular complexity index is 431. The van der Waals surface area contributed by atoms with E-state index in [9.17, 15) is 4.79 Å². The Hall–Kier alpha value is -1.40. The lowest BCUT2D eigenvalue weighted by Crippen LogP contribution is -2.57. The number of likely N-dealkylation sites (N-methyl/N-ethyl adjacent to an activating group) is 1. The first-order chi connectivity index (χ1) is 8.51. The van der Waals surface area contributed by atoms with Gasteiger partial charge in [-0.1, -0.05) is 0 Å². The van der Waals surface area contributed by atoms with Crippen LogP contribution in [0.15, 0.2) is 12.4 Å². The van der Waals surface area contributed by atoms with Crippen molar-refractivity contribution in [3.63, 3.8) is 0 Å². The summed E-state index contributed by atoms with van der Waals surface area (Å²) >= 11 is 0. The lowest BCUT2D eigenvalue weighted by molar-refractivity contribution is -0.155. The maximum Gasteiger partial charge on any atom is 0.253 e. The topological polar surface area (TPSA) is 59.4 Å². The molecule has 1 fully saturated rings. The van der Waals surface area contributed by atoms with Crippen molar-refractivity contribution in [3.8, 4) is 0 Å². The zero-order valence-electron chi connectivity index (χ0n) is 11.1. The molecule has 1 atom stereocenters. The second kappa shape index (κ2) is 5.07. The molecule has 1 amide bonds. The van der Waals surface area contributed by atoms with E-state index in [4.69, 9.17) is 4.74 Å². The highest BCUT2D eigenvalue weighted by Gasteiger charge is 2.38. The van der Waals surface area contributed by atoms with Crippen LogP contribution >= 0.6 is 0 Å². The number of imidazole rings is 1. The molecule has 0 spiro atoms. The van der Waals surface area contributed by atoms with Crippen LogP contribution in [0.1, 0.15) is 12.7 Å². The van der Waals surface area contributed by atoms with Crippen molar-refractivity contribution in [1.82, 2.24) is 19.8 Å². The average Bonchev–Trinajstić information content (AvgIpc) is 2.71. The van der Waals surface area contributed by atoms with Gasteiger partial charge in [-0.05, 0) is 14.0 Å². The van der Waals surface area contributed by atoms with Crippen LogP contribution in [0.25, 0.3) is 0 Å². The van der Waals surface area contributed by atoms with Gasteiger partial charge in [0.1, 0.15) is 5.82 Å². The minimum absolute atomic E-state index is 0.0861. The normalized spacial score (nSPS) is 25.1. The fraction of sp³-hybridized carbons (Fsp3) is 0.667. The van der Waals surface area contributed by atoms with Crippen molar-refractivity contribution in [2.75, 3.05) is 26.7 Å². The van der Waals surface area contributed by atoms with Gasteiger partial charge >= 0.3 is 0 Å². The van der Waals surface area contributed by atoms with Gasteiger partial charge in [0.15, 0.2) is 5.60 Å². The van der Waals surface area contributed by atoms with Crippen molar-refractivity contribution in [2.45, 2.75) is 19.1 Å². The number of nitrogens with zero attached hydrogens (tertiary/aromatic N) is 3. The second-order valence-corrected chi connectivity index (χ2v) is 4.95. The molecule has 0 radical (unpaired) electrons. The smallest absolute Gasteiger partial charge is 0.253 e. The predicted octanol–water partition coefficient (Wildman–Crippen LogP) is -0.243. The Morgan fingerprint density at radius 1 is 1.61 bits per heavy atom. The monoisotopic (exact) mass is 252 g/mol. The van der Waals surface area contributed by atoms with Crippen molar-refractivity contribution in [3.05, 3.63) is 18.2 Å². The molecule has 0 aromatic carbocycles. The standard InChI is InChI=1S/C12H20N4O2/c1-12(9-15(2)6-7-18-12)11(17)14-8-10-13-4-5-16(10)3/h4-5H,6-9H2,1-3H3,(H,14,17)/t12-/m0/s1. The number of ether oxygens (including phenoxy) is 1. The lowest BCUT2D eigenvalue weighted by atomic mass is 10.0. The number of hydrogen-bond acceptors (Lipinski definition) is 4. The second-order valence-electron chi connectivity index (χ2n) is 4.95. The molecule has 100 valence electrons. The number of hydrogen-bond donors (Lipinski definition) is 1. The van der Waals surface area contributed by atoms with Gasteiger partial charge in [0.25, 0.3) is 5.91 Å². The molecule has 0 saturated carbocycles. The van der Waals surface area contributed by atoms with E-state index in [0.29, 0.717) is 19.7 Å². The number of carbonyl (C=O) groups is 1. The summed E-state index contributed by atoms with van der Waals surface area (Å²) in [5, 5.41) is 2.88. The SMILES string of the molecule is CN1CCO[C@](C)(C(=O)NCc2nccn2C)C1. The number of amides is 1. The Morgan fingerprint density at radius 2 is 2.39 bits per heavy atom. The minimum atomic E-state index is -0.766. The molecule has 0 unspecified atom stereocenters. The van der Waals surface area contributed by atoms with E-state index in [-0.39, 0.29) is 5.91 Å². The Labute approximate surface area is 107 Å². The van der Waals surface area contributed by atoms with Crippen molar-refractivity contribution in [1.29, 1.82) is 0 Å². The first-order valence-corrected chi connectivity index (χ1v) is 6.08. The molecular weight excluding hydrogens is 232 g/mol. The van der Waals surface area contributed by atoms with Crippen LogP contribution in [0.3, 0.4) is 0 Å². The molecule has 1 aliphatic heterocycles. The summed E-state index contributed by atoms with van der Waals surface area (Å²) < 4.78 is 7.50. The van der Waals surface area contributed by atoms with Crippen LogP contribution < -0.4 is 5.32 Å². The molecule has 18 heavy (non-hydrogen) atoms. The van der Waals surface area contributed by atoms with Gasteiger partial charge in [-0.3, -0.25) is 4.79 Å². The van der Waals surface area contributed by atoms with E-state index in [2.05, 4.69) is 15.2 Å². The van der Waals surface area contributed by atoms with Gasteiger partial charge in [0.2, 0.25) is 0 Å². The summed E-state index contributed by atoms with van der Waals surface area (Å²) in [6.07, 6.45) is 3.57. The number of rotatable bonds is 3. The summed E-state index contributed by atoms with van der Waals surface area (Å²) in [6.45, 7) is 4.31. The number of aromatic nitrogens is 2. The van der Waals surface area contributed by atoms with Crippen LogP contribution in [0.4, 0.5) is 0 Å². The third-order valence-electron chi connectivity index (χ3n) is 3.27. The average molecular weight is 252 g/mol. The highest BCUT2D eigenvalue weighted by Crippen LogP contribution is 2.16. The highest BCUT2D eigenvalue weighted by atomic mass is 16.5. The van der Waals surface area contributed by atoms with E-state index in [1.165, 1.54) is 0 Å². The number of carbonyl (C=O) groups excluding carboxylic acids is 1. The molecule has 0 aliphatic carbocycles. The molecule has 6 nitrogen and oxygen atoms in total. The van der Waals surface area contributed by atoms with E-state index in [0.717, 1.165) is 12.4 Å². The van der Waals surface area contributed by atoms with E-state index in [1.807, 2.05) is 31.8 Å². The van der Waals surface area contributed by atoms with Crippen LogP contribution in [-0.4, -0.2) is 52.7 Å². The molecule has 1 aromatic rings. The third kappa shape index (κ3) is 2.70. The largest absolute Gasteiger partial charge is 0.363 e. The Balaban J connectivity index is 1.93. The number of morpholine rings is 1. The van der Waals surface area contributed by atoms with Gasteiger partial charge in [-0.2, -0.15) is 0 Å². The van der Waals surface area contributed by atoms with Crippen LogP contribution in [0, 0.1) is 0 Å². The third-order valence-corrected chi connectivity index (χ3v) is 3.27. The van der Waals surface area contributed by atoms with Gasteiger partial charge in [0, 0.05) is 32.5 Å².